The molecule has 0 aliphatic heterocycles. The summed E-state index contributed by atoms with van der Waals surface area (Å²) in [6.45, 7) is 20.4. The van der Waals surface area contributed by atoms with Crippen molar-refractivity contribution in [1.82, 2.24) is 0 Å². The van der Waals surface area contributed by atoms with Crippen molar-refractivity contribution >= 4 is 5.78 Å². The van der Waals surface area contributed by atoms with Gasteiger partial charge in [0.15, 0.2) is 0 Å². The molecule has 0 spiro atoms. The molecule has 0 radical (unpaired) electrons. The van der Waals surface area contributed by atoms with Gasteiger partial charge in [-0.05, 0) is 111 Å². The molecule has 0 bridgehead atoms. The first-order valence-corrected chi connectivity index (χ1v) is 14.0. The standard InChI is InChI=1S/C31H48O3/c1-19(2)21-10-15-31(20(3)33)17-16-29(6)22(26(21)31)8-9-24-27(4)13-12-25(34)28(5,18-32)23(27)11-14-30(24,29)7/h21-24,26,32-33H,1,3,8-18H2,2,4-7H3/t21?,22?,23-,24?,26?,27+,28+,29-,30-,31-/m1/s1. The highest BCUT2D eigenvalue weighted by Crippen LogP contribution is 2.77. The van der Waals surface area contributed by atoms with E-state index in [1.54, 1.807) is 0 Å². The van der Waals surface area contributed by atoms with Crippen LogP contribution in [-0.4, -0.2) is 22.6 Å². The van der Waals surface area contributed by atoms with Crippen molar-refractivity contribution < 1.29 is 15.0 Å². The minimum absolute atomic E-state index is 0.0150. The lowest BCUT2D eigenvalue weighted by atomic mass is 9.32. The van der Waals surface area contributed by atoms with Crippen LogP contribution in [-0.2, 0) is 4.79 Å². The number of carbonyl (C=O) groups excluding carboxylic acids is 1. The number of carbonyl (C=O) groups is 1. The minimum Gasteiger partial charge on any atom is -0.512 e. The Morgan fingerprint density at radius 2 is 1.62 bits per heavy atom. The first kappa shape index (κ1) is 24.6. The van der Waals surface area contributed by atoms with E-state index in [4.69, 9.17) is 0 Å². The van der Waals surface area contributed by atoms with Crippen molar-refractivity contribution in [2.45, 2.75) is 98.8 Å². The largest absolute Gasteiger partial charge is 0.512 e. The number of Topliss-reactive ketones (excluding diaryl/α,β-unsaturated/α-hetero) is 1. The fraction of sp³-hybridized carbons (Fsp3) is 0.839. The Balaban J connectivity index is 1.57. The van der Waals surface area contributed by atoms with Crippen LogP contribution in [0.1, 0.15) is 98.8 Å². The third-order valence-corrected chi connectivity index (χ3v) is 13.5. The lowest BCUT2D eigenvalue weighted by Gasteiger charge is -2.72. The Labute approximate surface area is 207 Å². The number of aliphatic hydroxyl groups is 2. The fourth-order valence-electron chi connectivity index (χ4n) is 11.5. The second-order valence-electron chi connectivity index (χ2n) is 14.3. The molecule has 0 heterocycles. The molecular weight excluding hydrogens is 420 g/mol. The van der Waals surface area contributed by atoms with Crippen LogP contribution in [0.15, 0.2) is 24.5 Å². The van der Waals surface area contributed by atoms with Gasteiger partial charge in [-0.2, -0.15) is 0 Å². The maximum absolute atomic E-state index is 13.0. The maximum atomic E-state index is 13.0. The Bertz CT molecular complexity index is 922. The zero-order valence-corrected chi connectivity index (χ0v) is 22.4. The Morgan fingerprint density at radius 1 is 0.912 bits per heavy atom. The van der Waals surface area contributed by atoms with Gasteiger partial charge in [-0.1, -0.05) is 46.4 Å². The van der Waals surface area contributed by atoms with Crippen molar-refractivity contribution in [1.29, 1.82) is 0 Å². The summed E-state index contributed by atoms with van der Waals surface area (Å²) in [5.41, 5.74) is 1.09. The molecule has 2 N–H and O–H groups in total. The van der Waals surface area contributed by atoms with E-state index in [9.17, 15) is 15.0 Å². The normalized spacial score (nSPS) is 54.4. The summed E-state index contributed by atoms with van der Waals surface area (Å²) in [5, 5.41) is 21.3. The Morgan fingerprint density at radius 3 is 2.24 bits per heavy atom. The van der Waals surface area contributed by atoms with Crippen LogP contribution in [0.2, 0.25) is 0 Å². The van der Waals surface area contributed by atoms with Crippen LogP contribution >= 0.6 is 0 Å². The number of allylic oxidation sites excluding steroid dienone is 2. The van der Waals surface area contributed by atoms with Gasteiger partial charge in [-0.3, -0.25) is 4.79 Å². The van der Waals surface area contributed by atoms with E-state index >= 15 is 0 Å². The van der Waals surface area contributed by atoms with E-state index in [1.165, 1.54) is 18.4 Å². The van der Waals surface area contributed by atoms with Gasteiger partial charge in [0, 0.05) is 11.8 Å². The van der Waals surface area contributed by atoms with Crippen LogP contribution < -0.4 is 0 Å². The van der Waals surface area contributed by atoms with Gasteiger partial charge in [-0.25, -0.2) is 0 Å². The van der Waals surface area contributed by atoms with E-state index in [0.717, 1.165) is 44.9 Å². The summed E-state index contributed by atoms with van der Waals surface area (Å²) < 4.78 is 0. The molecule has 5 aliphatic carbocycles. The van der Waals surface area contributed by atoms with Crippen molar-refractivity contribution in [3.63, 3.8) is 0 Å². The van der Waals surface area contributed by atoms with E-state index in [0.29, 0.717) is 35.9 Å². The summed E-state index contributed by atoms with van der Waals surface area (Å²) in [5.74, 6) is 3.05. The molecule has 3 nitrogen and oxygen atoms in total. The molecule has 5 saturated carbocycles. The Hall–Kier alpha value is -1.09. The minimum atomic E-state index is -0.584. The smallest absolute Gasteiger partial charge is 0.141 e. The van der Waals surface area contributed by atoms with E-state index in [2.05, 4.69) is 40.9 Å². The van der Waals surface area contributed by atoms with E-state index in [1.807, 2.05) is 6.92 Å². The van der Waals surface area contributed by atoms with Gasteiger partial charge >= 0.3 is 0 Å². The van der Waals surface area contributed by atoms with Crippen LogP contribution in [0.3, 0.4) is 0 Å². The van der Waals surface area contributed by atoms with Crippen LogP contribution in [0.25, 0.3) is 0 Å². The number of rotatable bonds is 3. The van der Waals surface area contributed by atoms with Crippen LogP contribution in [0, 0.1) is 56.7 Å². The highest BCUT2D eigenvalue weighted by Gasteiger charge is 2.71. The maximum Gasteiger partial charge on any atom is 0.141 e. The molecule has 0 aromatic heterocycles. The zero-order chi connectivity index (χ0) is 24.9. The van der Waals surface area contributed by atoms with Gasteiger partial charge in [0.25, 0.3) is 0 Å². The van der Waals surface area contributed by atoms with Gasteiger partial charge < -0.3 is 10.2 Å². The van der Waals surface area contributed by atoms with Crippen molar-refractivity contribution in [3.05, 3.63) is 24.5 Å². The van der Waals surface area contributed by atoms with Gasteiger partial charge in [-0.15, -0.1) is 0 Å². The van der Waals surface area contributed by atoms with Gasteiger partial charge in [0.1, 0.15) is 5.78 Å². The predicted octanol–water partition coefficient (Wildman–Crippen LogP) is 7.26. The molecule has 3 heteroatoms. The molecule has 0 saturated heterocycles. The summed E-state index contributed by atoms with van der Waals surface area (Å²) in [6.07, 6.45) is 10.6. The first-order valence-electron chi connectivity index (χ1n) is 14.0. The molecule has 5 aliphatic rings. The average Bonchev–Trinajstić information content (AvgIpc) is 3.18. The van der Waals surface area contributed by atoms with E-state index < -0.39 is 5.41 Å². The van der Waals surface area contributed by atoms with Gasteiger partial charge in [0.05, 0.1) is 17.8 Å². The van der Waals surface area contributed by atoms with Crippen molar-refractivity contribution in [2.24, 2.45) is 56.7 Å². The zero-order valence-electron chi connectivity index (χ0n) is 22.4. The lowest BCUT2D eigenvalue weighted by molar-refractivity contribution is -0.236. The molecular formula is C31H48O3. The summed E-state index contributed by atoms with van der Waals surface area (Å²) in [6, 6.07) is 0. The average molecular weight is 469 g/mol. The molecule has 10 atom stereocenters. The molecule has 4 unspecified atom stereocenters. The summed E-state index contributed by atoms with van der Waals surface area (Å²) in [7, 11) is 0. The Kier molecular flexibility index (Phi) is 5.40. The highest BCUT2D eigenvalue weighted by atomic mass is 16.3. The van der Waals surface area contributed by atoms with Crippen LogP contribution in [0.4, 0.5) is 0 Å². The molecule has 0 aromatic rings. The lowest BCUT2D eigenvalue weighted by Crippen LogP contribution is -2.67. The SMILES string of the molecule is C=C(C)C1CC[C@]2(C(=C)O)CC[C@]3(C)C(CCC4[C@@]5(C)CCC(=O)[C@@](C)(CO)[C@@H]5CC[C@]43C)C12. The molecule has 34 heavy (non-hydrogen) atoms. The van der Waals surface area contributed by atoms with Gasteiger partial charge in [0.2, 0.25) is 0 Å². The molecule has 190 valence electrons. The quantitative estimate of drug-likeness (QED) is 0.338. The predicted molar refractivity (Wildman–Crippen MR) is 137 cm³/mol. The second-order valence-corrected chi connectivity index (χ2v) is 14.3. The topological polar surface area (TPSA) is 57.5 Å². The number of hydrogen-bond acceptors (Lipinski definition) is 3. The molecule has 0 aromatic carbocycles. The third-order valence-electron chi connectivity index (χ3n) is 13.5. The van der Waals surface area contributed by atoms with E-state index in [-0.39, 0.29) is 40.0 Å². The molecule has 5 fully saturated rings. The summed E-state index contributed by atoms with van der Waals surface area (Å²) >= 11 is 0. The summed E-state index contributed by atoms with van der Waals surface area (Å²) in [4.78, 5) is 13.0. The second kappa shape index (κ2) is 7.46. The number of fused-ring (bicyclic) bond motifs is 7. The number of hydrogen-bond donors (Lipinski definition) is 2. The monoisotopic (exact) mass is 468 g/mol. The van der Waals surface area contributed by atoms with Crippen molar-refractivity contribution in [2.75, 3.05) is 6.61 Å². The number of aliphatic hydroxyl groups excluding tert-OH is 2. The molecule has 5 rings (SSSR count). The number of ketones is 1. The third kappa shape index (κ3) is 2.72. The highest BCUT2D eigenvalue weighted by molar-refractivity contribution is 5.86. The first-order chi connectivity index (χ1) is 15.8. The fourth-order valence-corrected chi connectivity index (χ4v) is 11.5. The molecule has 0 amide bonds. The van der Waals surface area contributed by atoms with Crippen LogP contribution in [0.5, 0.6) is 0 Å². The van der Waals surface area contributed by atoms with Crippen molar-refractivity contribution in [3.8, 4) is 0 Å².